The number of aromatic nitrogens is 1. The maximum atomic E-state index is 12.5. The van der Waals surface area contributed by atoms with Crippen LogP contribution in [-0.4, -0.2) is 10.5 Å². The van der Waals surface area contributed by atoms with E-state index >= 15 is 0 Å². The van der Waals surface area contributed by atoms with Crippen molar-refractivity contribution < 1.29 is 4.79 Å². The van der Waals surface area contributed by atoms with Crippen LogP contribution in [0, 0.1) is 27.7 Å². The van der Waals surface area contributed by atoms with E-state index in [0.717, 1.165) is 28.0 Å². The van der Waals surface area contributed by atoms with Crippen molar-refractivity contribution in [3.8, 4) is 0 Å². The van der Waals surface area contributed by atoms with Gasteiger partial charge in [-0.3, -0.25) is 4.79 Å². The first kappa shape index (κ1) is 17.6. The Bertz CT molecular complexity index is 1020. The summed E-state index contributed by atoms with van der Waals surface area (Å²) in [5, 5.41) is 0. The third-order valence-corrected chi connectivity index (χ3v) is 5.72. The van der Waals surface area contributed by atoms with Crippen LogP contribution in [0.25, 0.3) is 10.2 Å². The molecule has 0 aliphatic rings. The monoisotopic (exact) mass is 352 g/mol. The Morgan fingerprint density at radius 2 is 1.76 bits per heavy atom. The molecule has 0 bridgehead atoms. The highest BCUT2D eigenvalue weighted by molar-refractivity contribution is 7.16. The van der Waals surface area contributed by atoms with E-state index in [0.29, 0.717) is 6.42 Å². The van der Waals surface area contributed by atoms with Crippen molar-refractivity contribution in [1.82, 2.24) is 4.57 Å². The first-order valence-corrected chi connectivity index (χ1v) is 9.45. The normalized spacial score (nSPS) is 12.1. The molecule has 1 aromatic heterocycles. The summed E-state index contributed by atoms with van der Waals surface area (Å²) >= 11 is 1.59. The first-order chi connectivity index (χ1) is 11.9. The summed E-state index contributed by atoms with van der Waals surface area (Å²) in [5.74, 6) is -0.0887. The van der Waals surface area contributed by atoms with Gasteiger partial charge in [0, 0.05) is 6.54 Å². The highest BCUT2D eigenvalue weighted by Crippen LogP contribution is 2.22. The van der Waals surface area contributed by atoms with Crippen LogP contribution in [0.15, 0.2) is 35.3 Å². The number of rotatable bonds is 3. The number of aryl methyl sites for hydroxylation is 5. The Morgan fingerprint density at radius 1 is 1.04 bits per heavy atom. The van der Waals surface area contributed by atoms with Crippen molar-refractivity contribution in [3.05, 3.63) is 63.0 Å². The van der Waals surface area contributed by atoms with Gasteiger partial charge in [-0.2, -0.15) is 4.99 Å². The minimum Gasteiger partial charge on any atom is -0.317 e. The van der Waals surface area contributed by atoms with Gasteiger partial charge in [0.05, 0.1) is 16.6 Å². The first-order valence-electron chi connectivity index (χ1n) is 8.63. The molecule has 0 atom stereocenters. The molecular formula is C21H24N2OS. The van der Waals surface area contributed by atoms with E-state index < -0.39 is 0 Å². The van der Waals surface area contributed by atoms with Gasteiger partial charge >= 0.3 is 0 Å². The summed E-state index contributed by atoms with van der Waals surface area (Å²) in [7, 11) is 0. The molecular weight excluding hydrogens is 328 g/mol. The molecule has 0 aliphatic heterocycles. The third kappa shape index (κ3) is 3.59. The van der Waals surface area contributed by atoms with Crippen molar-refractivity contribution in [2.24, 2.45) is 4.99 Å². The van der Waals surface area contributed by atoms with Gasteiger partial charge in [0.1, 0.15) is 0 Å². The van der Waals surface area contributed by atoms with Crippen LogP contribution in [0.1, 0.15) is 34.7 Å². The summed E-state index contributed by atoms with van der Waals surface area (Å²) in [6.07, 6.45) is 0.349. The average Bonchev–Trinajstić information content (AvgIpc) is 2.86. The number of hydrogen-bond acceptors (Lipinski definition) is 2. The second kappa shape index (κ2) is 6.96. The van der Waals surface area contributed by atoms with Crippen molar-refractivity contribution in [2.45, 2.75) is 47.6 Å². The lowest BCUT2D eigenvalue weighted by molar-refractivity contribution is -0.117. The van der Waals surface area contributed by atoms with Crippen molar-refractivity contribution in [3.63, 3.8) is 0 Å². The van der Waals surface area contributed by atoms with Crippen molar-refractivity contribution in [2.75, 3.05) is 0 Å². The molecule has 0 unspecified atom stereocenters. The number of hydrogen-bond donors (Lipinski definition) is 0. The van der Waals surface area contributed by atoms with Crippen LogP contribution < -0.4 is 4.80 Å². The number of benzene rings is 2. The predicted molar refractivity (Wildman–Crippen MR) is 105 cm³/mol. The number of thiazole rings is 1. The molecule has 0 aliphatic carbocycles. The van der Waals surface area contributed by atoms with Gasteiger partial charge in [-0.25, -0.2) is 0 Å². The summed E-state index contributed by atoms with van der Waals surface area (Å²) in [6, 6.07) is 10.6. The number of nitrogens with zero attached hydrogens (tertiary/aromatic N) is 2. The van der Waals surface area contributed by atoms with E-state index in [2.05, 4.69) is 55.5 Å². The van der Waals surface area contributed by atoms with Crippen LogP contribution in [0.5, 0.6) is 0 Å². The molecule has 25 heavy (non-hydrogen) atoms. The summed E-state index contributed by atoms with van der Waals surface area (Å²) < 4.78 is 3.31. The van der Waals surface area contributed by atoms with Crippen LogP contribution in [0.4, 0.5) is 0 Å². The second-order valence-electron chi connectivity index (χ2n) is 6.65. The van der Waals surface area contributed by atoms with Crippen LogP contribution in [-0.2, 0) is 17.8 Å². The number of amides is 1. The van der Waals surface area contributed by atoms with Crippen LogP contribution in [0.3, 0.4) is 0 Å². The fourth-order valence-electron chi connectivity index (χ4n) is 3.07. The molecule has 0 spiro atoms. The summed E-state index contributed by atoms with van der Waals surface area (Å²) in [4.78, 5) is 17.7. The van der Waals surface area contributed by atoms with Crippen molar-refractivity contribution >= 4 is 27.5 Å². The number of carbonyl (C=O) groups excluding carboxylic acids is 1. The van der Waals surface area contributed by atoms with Crippen LogP contribution >= 0.6 is 11.3 Å². The Hall–Kier alpha value is -2.20. The molecule has 0 fully saturated rings. The van der Waals surface area contributed by atoms with Gasteiger partial charge < -0.3 is 4.57 Å². The molecule has 1 amide bonds. The van der Waals surface area contributed by atoms with E-state index in [9.17, 15) is 4.79 Å². The minimum absolute atomic E-state index is 0.0887. The molecule has 1 heterocycles. The Labute approximate surface area is 152 Å². The molecule has 0 N–H and O–H groups in total. The van der Waals surface area contributed by atoms with Gasteiger partial charge in [-0.1, -0.05) is 35.1 Å². The quantitative estimate of drug-likeness (QED) is 0.677. The predicted octanol–water partition coefficient (Wildman–Crippen LogP) is 4.63. The Kier molecular flexibility index (Phi) is 4.91. The van der Waals surface area contributed by atoms with Gasteiger partial charge in [0.2, 0.25) is 0 Å². The lowest BCUT2D eigenvalue weighted by atomic mass is 10.0. The highest BCUT2D eigenvalue weighted by Gasteiger charge is 2.10. The molecule has 130 valence electrons. The number of fused-ring (bicyclic) bond motifs is 1. The van der Waals surface area contributed by atoms with Crippen LogP contribution in [0.2, 0.25) is 0 Å². The van der Waals surface area contributed by atoms with E-state index in [1.165, 1.54) is 21.4 Å². The Balaban J connectivity index is 2.01. The zero-order valence-corrected chi connectivity index (χ0v) is 16.3. The molecule has 3 aromatic rings. The third-order valence-electron chi connectivity index (χ3n) is 4.67. The highest BCUT2D eigenvalue weighted by atomic mass is 32.1. The average molecular weight is 353 g/mol. The lowest BCUT2D eigenvalue weighted by Gasteiger charge is -2.05. The zero-order valence-electron chi connectivity index (χ0n) is 15.5. The zero-order chi connectivity index (χ0) is 18.1. The van der Waals surface area contributed by atoms with Gasteiger partial charge in [-0.15, -0.1) is 0 Å². The SMILES string of the molecule is CCn1c(=NC(=O)Cc2ccc(C)cc2C)sc2cc(C)c(C)cc21. The summed E-state index contributed by atoms with van der Waals surface area (Å²) in [6.45, 7) is 11.2. The molecule has 0 saturated carbocycles. The molecule has 2 aromatic carbocycles. The van der Waals surface area contributed by atoms with E-state index in [-0.39, 0.29) is 5.91 Å². The van der Waals surface area contributed by atoms with Gasteiger partial charge in [0.15, 0.2) is 4.80 Å². The van der Waals surface area contributed by atoms with E-state index in [1.807, 2.05) is 19.1 Å². The molecule has 0 saturated heterocycles. The van der Waals surface area contributed by atoms with Crippen molar-refractivity contribution in [1.29, 1.82) is 0 Å². The maximum absolute atomic E-state index is 12.5. The molecule has 4 heteroatoms. The largest absolute Gasteiger partial charge is 0.317 e. The second-order valence-corrected chi connectivity index (χ2v) is 7.65. The minimum atomic E-state index is -0.0887. The lowest BCUT2D eigenvalue weighted by Crippen LogP contribution is -2.16. The molecule has 0 radical (unpaired) electrons. The molecule has 3 nitrogen and oxygen atoms in total. The van der Waals surface area contributed by atoms with E-state index in [4.69, 9.17) is 0 Å². The maximum Gasteiger partial charge on any atom is 0.252 e. The topological polar surface area (TPSA) is 34.4 Å². The fraction of sp³-hybridized carbons (Fsp3) is 0.333. The number of carbonyl (C=O) groups is 1. The van der Waals surface area contributed by atoms with Gasteiger partial charge in [-0.05, 0) is 69.0 Å². The molecule has 3 rings (SSSR count). The van der Waals surface area contributed by atoms with E-state index in [1.54, 1.807) is 11.3 Å². The fourth-order valence-corrected chi connectivity index (χ4v) is 4.26. The standard InChI is InChI=1S/C21H24N2OS/c1-6-23-18-10-14(3)15(4)11-19(18)25-21(23)22-20(24)12-17-8-7-13(2)9-16(17)5/h7-11H,6,12H2,1-5H3. The summed E-state index contributed by atoms with van der Waals surface area (Å²) in [5.41, 5.74) is 7.11. The Morgan fingerprint density at radius 3 is 2.44 bits per heavy atom. The smallest absolute Gasteiger partial charge is 0.252 e. The van der Waals surface area contributed by atoms with Gasteiger partial charge in [0.25, 0.3) is 5.91 Å².